The Hall–Kier alpha value is -1.97. The number of ether oxygens (including phenoxy) is 1. The first kappa shape index (κ1) is 17.8. The van der Waals surface area contributed by atoms with E-state index < -0.39 is 5.54 Å². The third-order valence-corrected chi connectivity index (χ3v) is 5.11. The molecule has 1 amide bonds. The quantitative estimate of drug-likeness (QED) is 0.841. The normalized spacial score (nSPS) is 19.3. The van der Waals surface area contributed by atoms with Crippen molar-refractivity contribution in [1.29, 1.82) is 5.26 Å². The Morgan fingerprint density at radius 3 is 2.72 bits per heavy atom. The monoisotopic (exact) mass is 362 g/mol. The third-order valence-electron chi connectivity index (χ3n) is 4.80. The van der Waals surface area contributed by atoms with E-state index in [1.54, 1.807) is 0 Å². The van der Waals surface area contributed by atoms with Gasteiger partial charge < -0.3 is 20.3 Å². The summed E-state index contributed by atoms with van der Waals surface area (Å²) in [5, 5.41) is 16.1. The second-order valence-electron chi connectivity index (χ2n) is 6.54. The Balaban J connectivity index is 1.66. The molecule has 134 valence electrons. The fourth-order valence-electron chi connectivity index (χ4n) is 3.50. The van der Waals surface area contributed by atoms with Crippen LogP contribution >= 0.6 is 11.6 Å². The number of carbonyl (C=O) groups excluding carboxylic acids is 1. The predicted molar refractivity (Wildman–Crippen MR) is 97.9 cm³/mol. The average Bonchev–Trinajstić information content (AvgIpc) is 3.09. The van der Waals surface area contributed by atoms with Crippen LogP contribution in [0.4, 0.5) is 11.4 Å². The van der Waals surface area contributed by atoms with Gasteiger partial charge in [-0.3, -0.25) is 4.79 Å². The predicted octanol–water partition coefficient (Wildman–Crippen LogP) is 2.54. The molecule has 25 heavy (non-hydrogen) atoms. The molecule has 0 aromatic heterocycles. The molecule has 3 rings (SSSR count). The molecule has 2 aliphatic rings. The highest BCUT2D eigenvalue weighted by molar-refractivity contribution is 6.34. The van der Waals surface area contributed by atoms with E-state index in [1.807, 2.05) is 18.2 Å². The minimum atomic E-state index is -0.694. The molecule has 0 bridgehead atoms. The minimum Gasteiger partial charge on any atom is -0.378 e. The highest BCUT2D eigenvalue weighted by Crippen LogP contribution is 2.34. The van der Waals surface area contributed by atoms with Crippen molar-refractivity contribution in [3.05, 3.63) is 23.2 Å². The van der Waals surface area contributed by atoms with E-state index in [9.17, 15) is 10.1 Å². The first-order valence-corrected chi connectivity index (χ1v) is 9.09. The van der Waals surface area contributed by atoms with Crippen molar-refractivity contribution >= 4 is 28.9 Å². The lowest BCUT2D eigenvalue weighted by Crippen LogP contribution is -2.47. The number of nitriles is 1. The molecule has 1 aromatic rings. The van der Waals surface area contributed by atoms with Crippen LogP contribution in [0.25, 0.3) is 0 Å². The van der Waals surface area contributed by atoms with Gasteiger partial charge in [0.15, 0.2) is 0 Å². The maximum Gasteiger partial charge on any atom is 0.240 e. The molecule has 2 N–H and O–H groups in total. The van der Waals surface area contributed by atoms with Gasteiger partial charge in [-0.2, -0.15) is 5.26 Å². The molecule has 0 unspecified atom stereocenters. The molecule has 1 heterocycles. The van der Waals surface area contributed by atoms with Gasteiger partial charge in [0.2, 0.25) is 5.91 Å². The van der Waals surface area contributed by atoms with E-state index in [0.717, 1.165) is 50.1 Å². The van der Waals surface area contributed by atoms with E-state index >= 15 is 0 Å². The SMILES string of the molecule is N#CC1(NC(=O)CNc2cccc(Cl)c2N2CCOCC2)CCCC1. The molecule has 2 fully saturated rings. The second kappa shape index (κ2) is 7.94. The number of nitrogens with one attached hydrogen (secondary N) is 2. The molecule has 0 atom stereocenters. The minimum absolute atomic E-state index is 0.112. The zero-order chi connectivity index (χ0) is 17.7. The highest BCUT2D eigenvalue weighted by atomic mass is 35.5. The number of nitrogens with zero attached hydrogens (tertiary/aromatic N) is 2. The maximum atomic E-state index is 12.3. The Labute approximate surface area is 153 Å². The number of morpholine rings is 1. The van der Waals surface area contributed by atoms with Crippen molar-refractivity contribution in [3.8, 4) is 6.07 Å². The van der Waals surface area contributed by atoms with Crippen LogP contribution in [0.5, 0.6) is 0 Å². The summed E-state index contributed by atoms with van der Waals surface area (Å²) in [6, 6.07) is 7.90. The topological polar surface area (TPSA) is 77.4 Å². The summed E-state index contributed by atoms with van der Waals surface area (Å²) >= 11 is 6.39. The number of carbonyl (C=O) groups is 1. The molecule has 1 aliphatic heterocycles. The Bertz CT molecular complexity index is 662. The first-order chi connectivity index (χ1) is 12.1. The van der Waals surface area contributed by atoms with Gasteiger partial charge in [0, 0.05) is 13.1 Å². The first-order valence-electron chi connectivity index (χ1n) is 8.71. The molecular formula is C18H23ClN4O2. The standard InChI is InChI=1S/C18H23ClN4O2/c19-14-4-3-5-15(17(14)23-8-10-25-11-9-23)21-12-16(24)22-18(13-20)6-1-2-7-18/h3-5,21H,1-2,6-12H2,(H,22,24). The van der Waals surface area contributed by atoms with Crippen LogP contribution in [0.15, 0.2) is 18.2 Å². The maximum absolute atomic E-state index is 12.3. The van der Waals surface area contributed by atoms with E-state index in [1.165, 1.54) is 0 Å². The summed E-state index contributed by atoms with van der Waals surface area (Å²) in [7, 11) is 0. The number of para-hydroxylation sites is 1. The van der Waals surface area contributed by atoms with Crippen LogP contribution < -0.4 is 15.5 Å². The van der Waals surface area contributed by atoms with Crippen LogP contribution in [-0.2, 0) is 9.53 Å². The number of halogens is 1. The van der Waals surface area contributed by atoms with Gasteiger partial charge in [0.05, 0.1) is 42.2 Å². The van der Waals surface area contributed by atoms with Crippen LogP contribution in [0.1, 0.15) is 25.7 Å². The Morgan fingerprint density at radius 2 is 2.04 bits per heavy atom. The molecular weight excluding hydrogens is 340 g/mol. The molecule has 1 saturated heterocycles. The van der Waals surface area contributed by atoms with Gasteiger partial charge in [-0.25, -0.2) is 0 Å². The smallest absolute Gasteiger partial charge is 0.240 e. The van der Waals surface area contributed by atoms with Crippen molar-refractivity contribution in [1.82, 2.24) is 5.32 Å². The number of anilines is 2. The fraction of sp³-hybridized carbons (Fsp3) is 0.556. The van der Waals surface area contributed by atoms with Gasteiger partial charge in [-0.15, -0.1) is 0 Å². The lowest BCUT2D eigenvalue weighted by molar-refractivity contribution is -0.120. The van der Waals surface area contributed by atoms with Crippen molar-refractivity contribution in [2.45, 2.75) is 31.2 Å². The molecule has 6 nitrogen and oxygen atoms in total. The van der Waals surface area contributed by atoms with E-state index in [4.69, 9.17) is 16.3 Å². The Morgan fingerprint density at radius 1 is 1.32 bits per heavy atom. The number of rotatable bonds is 5. The van der Waals surface area contributed by atoms with Gasteiger partial charge in [-0.1, -0.05) is 17.7 Å². The zero-order valence-corrected chi connectivity index (χ0v) is 14.9. The molecule has 1 aliphatic carbocycles. The number of hydrogen-bond acceptors (Lipinski definition) is 5. The van der Waals surface area contributed by atoms with Crippen molar-refractivity contribution < 1.29 is 9.53 Å². The summed E-state index contributed by atoms with van der Waals surface area (Å²) in [6.07, 6.45) is 3.42. The summed E-state index contributed by atoms with van der Waals surface area (Å²) in [5.41, 5.74) is 1.03. The lowest BCUT2D eigenvalue weighted by Gasteiger charge is -2.31. The van der Waals surface area contributed by atoms with Crippen LogP contribution in [-0.4, -0.2) is 44.3 Å². The summed E-state index contributed by atoms with van der Waals surface area (Å²) in [5.74, 6) is -0.170. The highest BCUT2D eigenvalue weighted by Gasteiger charge is 2.35. The Kier molecular flexibility index (Phi) is 5.67. The summed E-state index contributed by atoms with van der Waals surface area (Å²) in [4.78, 5) is 14.5. The van der Waals surface area contributed by atoms with Gasteiger partial charge >= 0.3 is 0 Å². The van der Waals surface area contributed by atoms with E-state index in [-0.39, 0.29) is 12.5 Å². The van der Waals surface area contributed by atoms with Gasteiger partial charge in [0.25, 0.3) is 0 Å². The van der Waals surface area contributed by atoms with E-state index in [0.29, 0.717) is 18.2 Å². The largest absolute Gasteiger partial charge is 0.378 e. The van der Waals surface area contributed by atoms with Crippen molar-refractivity contribution in [2.75, 3.05) is 43.1 Å². The summed E-state index contributed by atoms with van der Waals surface area (Å²) < 4.78 is 5.40. The molecule has 7 heteroatoms. The van der Waals surface area contributed by atoms with Crippen molar-refractivity contribution in [3.63, 3.8) is 0 Å². The molecule has 0 radical (unpaired) electrons. The number of amides is 1. The van der Waals surface area contributed by atoms with Gasteiger partial charge in [0.1, 0.15) is 5.54 Å². The zero-order valence-electron chi connectivity index (χ0n) is 14.2. The van der Waals surface area contributed by atoms with Crippen LogP contribution in [0.2, 0.25) is 5.02 Å². The van der Waals surface area contributed by atoms with Crippen LogP contribution in [0.3, 0.4) is 0 Å². The molecule has 0 spiro atoms. The number of benzene rings is 1. The average molecular weight is 363 g/mol. The lowest BCUT2D eigenvalue weighted by atomic mass is 10.00. The molecule has 1 saturated carbocycles. The van der Waals surface area contributed by atoms with E-state index in [2.05, 4.69) is 21.6 Å². The fourth-order valence-corrected chi connectivity index (χ4v) is 3.79. The summed E-state index contributed by atoms with van der Waals surface area (Å²) in [6.45, 7) is 2.97. The van der Waals surface area contributed by atoms with Gasteiger partial charge in [-0.05, 0) is 37.8 Å². The molecule has 1 aromatic carbocycles. The second-order valence-corrected chi connectivity index (χ2v) is 6.95. The number of hydrogen-bond donors (Lipinski definition) is 2. The third kappa shape index (κ3) is 4.17. The van der Waals surface area contributed by atoms with Crippen LogP contribution in [0, 0.1) is 11.3 Å². The van der Waals surface area contributed by atoms with Crippen molar-refractivity contribution in [2.24, 2.45) is 0 Å².